The first kappa shape index (κ1) is 25.3. The van der Waals surface area contributed by atoms with Crippen LogP contribution in [0.2, 0.25) is 0 Å². The summed E-state index contributed by atoms with van der Waals surface area (Å²) in [6, 6.07) is 1.94. The summed E-state index contributed by atoms with van der Waals surface area (Å²) < 4.78 is 5.33. The van der Waals surface area contributed by atoms with Crippen LogP contribution < -0.4 is 11.1 Å². The van der Waals surface area contributed by atoms with Crippen LogP contribution in [0.25, 0.3) is 6.08 Å². The van der Waals surface area contributed by atoms with E-state index in [2.05, 4.69) is 17.2 Å². The number of amidine groups is 1. The Balaban J connectivity index is 1.53. The molecule has 2 aliphatic rings. The van der Waals surface area contributed by atoms with Crippen LogP contribution in [0.15, 0.2) is 22.0 Å². The molecule has 0 radical (unpaired) electrons. The highest BCUT2D eigenvalue weighted by Crippen LogP contribution is 2.33. The summed E-state index contributed by atoms with van der Waals surface area (Å²) in [5, 5.41) is 4.88. The molecule has 0 saturated heterocycles. The van der Waals surface area contributed by atoms with Crippen LogP contribution in [0.3, 0.4) is 0 Å². The van der Waals surface area contributed by atoms with Crippen molar-refractivity contribution in [1.82, 2.24) is 10.2 Å². The molecule has 0 spiro atoms. The molecule has 1 aromatic heterocycles. The van der Waals surface area contributed by atoms with E-state index in [4.69, 9.17) is 10.5 Å². The number of hydrogen-bond acceptors (Lipinski definition) is 6. The highest BCUT2D eigenvalue weighted by molar-refractivity contribution is 7.11. The fourth-order valence-electron chi connectivity index (χ4n) is 4.47. The monoisotopic (exact) mass is 474 g/mol. The van der Waals surface area contributed by atoms with Crippen molar-refractivity contribution >= 4 is 40.9 Å². The maximum atomic E-state index is 13.4. The van der Waals surface area contributed by atoms with E-state index >= 15 is 0 Å². The third-order valence-electron chi connectivity index (χ3n) is 6.05. The molecule has 1 fully saturated rings. The lowest BCUT2D eigenvalue weighted by Crippen LogP contribution is -2.39. The lowest BCUT2D eigenvalue weighted by molar-refractivity contribution is -0.128. The predicted molar refractivity (Wildman–Crippen MR) is 135 cm³/mol. The van der Waals surface area contributed by atoms with E-state index in [0.29, 0.717) is 30.6 Å². The molecule has 1 aromatic rings. The van der Waals surface area contributed by atoms with Crippen LogP contribution in [0.4, 0.5) is 10.5 Å². The van der Waals surface area contributed by atoms with Gasteiger partial charge in [-0.05, 0) is 82.2 Å². The van der Waals surface area contributed by atoms with Gasteiger partial charge in [0.2, 0.25) is 5.91 Å². The second-order valence-corrected chi connectivity index (χ2v) is 11.1. The zero-order chi connectivity index (χ0) is 24.0. The summed E-state index contributed by atoms with van der Waals surface area (Å²) in [6.45, 7) is 9.86. The number of nitrogens with two attached hydrogens (primary N) is 1. The van der Waals surface area contributed by atoms with Crippen molar-refractivity contribution in [2.75, 3.05) is 19.6 Å². The van der Waals surface area contributed by atoms with Gasteiger partial charge in [-0.15, -0.1) is 11.3 Å². The lowest BCUT2D eigenvalue weighted by atomic mass is 9.81. The molecule has 33 heavy (non-hydrogen) atoms. The number of ether oxygens (including phenoxy) is 1. The van der Waals surface area contributed by atoms with Gasteiger partial charge in [0.05, 0.1) is 10.6 Å². The molecule has 1 aliphatic heterocycles. The second kappa shape index (κ2) is 11.2. The fraction of sp³-hybridized carbons (Fsp3) is 0.640. The Bertz CT molecular complexity index is 892. The summed E-state index contributed by atoms with van der Waals surface area (Å²) in [7, 11) is 0. The van der Waals surface area contributed by atoms with Gasteiger partial charge in [-0.3, -0.25) is 4.79 Å². The first-order chi connectivity index (χ1) is 15.6. The molecule has 3 N–H and O–H groups in total. The van der Waals surface area contributed by atoms with Crippen LogP contribution in [-0.2, 0) is 9.53 Å². The van der Waals surface area contributed by atoms with Crippen molar-refractivity contribution in [3.8, 4) is 0 Å². The van der Waals surface area contributed by atoms with Gasteiger partial charge >= 0.3 is 6.09 Å². The van der Waals surface area contributed by atoms with E-state index in [9.17, 15) is 9.59 Å². The number of nitrogens with zero attached hydrogens (tertiary/aromatic N) is 2. The molecule has 0 atom stereocenters. The average Bonchev–Trinajstić information content (AvgIpc) is 3.10. The summed E-state index contributed by atoms with van der Waals surface area (Å²) in [5.41, 5.74) is 7.19. The number of hydrogen-bond donors (Lipinski definition) is 2. The minimum Gasteiger partial charge on any atom is -0.444 e. The summed E-state index contributed by atoms with van der Waals surface area (Å²) >= 11 is 1.58. The molecule has 0 bridgehead atoms. The largest absolute Gasteiger partial charge is 0.444 e. The topological polar surface area (TPSA) is 97.0 Å². The lowest BCUT2D eigenvalue weighted by Gasteiger charge is -2.33. The highest BCUT2D eigenvalue weighted by atomic mass is 32.1. The third-order valence-corrected chi connectivity index (χ3v) is 6.90. The molecule has 3 rings (SSSR count). The Morgan fingerprint density at radius 1 is 1.24 bits per heavy atom. The van der Waals surface area contributed by atoms with Gasteiger partial charge in [-0.2, -0.15) is 0 Å². The second-order valence-electron chi connectivity index (χ2n) is 10.1. The Hall–Kier alpha value is -2.35. The Labute approximate surface area is 201 Å². The standard InChI is InChI=1S/C25H38N4O3S/c1-5-11-29(23(30)19-13-21-20(10-12-33-21)28-22(26)14-19)16-18-8-6-17(7-9-18)15-27-24(31)32-25(2,3)4/h10,12-13,17-18H,5-9,11,14-16H2,1-4H3,(H2,26,28)(H,27,31). The third kappa shape index (κ3) is 7.59. The van der Waals surface area contributed by atoms with Crippen molar-refractivity contribution in [2.45, 2.75) is 71.8 Å². The van der Waals surface area contributed by atoms with E-state index < -0.39 is 5.60 Å². The van der Waals surface area contributed by atoms with E-state index in [1.807, 2.05) is 43.2 Å². The molecular weight excluding hydrogens is 436 g/mol. The number of carbonyl (C=O) groups is 2. The fourth-order valence-corrected chi connectivity index (χ4v) is 5.26. The summed E-state index contributed by atoms with van der Waals surface area (Å²) in [4.78, 5) is 32.8. The number of nitrogens with one attached hydrogen (secondary N) is 1. The maximum Gasteiger partial charge on any atom is 0.407 e. The normalized spacial score (nSPS) is 20.7. The van der Waals surface area contributed by atoms with E-state index in [1.54, 1.807) is 11.3 Å². The number of fused-ring (bicyclic) bond motifs is 1. The van der Waals surface area contributed by atoms with Gasteiger partial charge in [0.15, 0.2) is 0 Å². The number of alkyl carbamates (subject to hydrolysis) is 1. The van der Waals surface area contributed by atoms with Crippen LogP contribution in [0.5, 0.6) is 0 Å². The summed E-state index contributed by atoms with van der Waals surface area (Å²) in [5.74, 6) is 1.50. The van der Waals surface area contributed by atoms with Gasteiger partial charge in [0.1, 0.15) is 11.4 Å². The highest BCUT2D eigenvalue weighted by Gasteiger charge is 2.27. The van der Waals surface area contributed by atoms with Crippen molar-refractivity contribution < 1.29 is 14.3 Å². The number of thiophene rings is 1. The van der Waals surface area contributed by atoms with Crippen LogP contribution in [-0.4, -0.2) is 48.0 Å². The molecule has 0 unspecified atom stereocenters. The van der Waals surface area contributed by atoms with Crippen molar-refractivity contribution in [3.63, 3.8) is 0 Å². The Morgan fingerprint density at radius 2 is 1.94 bits per heavy atom. The quantitative estimate of drug-likeness (QED) is 0.575. The number of aliphatic imine (C=N–C) groups is 1. The molecule has 0 aromatic carbocycles. The van der Waals surface area contributed by atoms with Crippen molar-refractivity contribution in [1.29, 1.82) is 0 Å². The maximum absolute atomic E-state index is 13.4. The molecule has 1 saturated carbocycles. The smallest absolute Gasteiger partial charge is 0.407 e. The Morgan fingerprint density at radius 3 is 2.61 bits per heavy atom. The average molecular weight is 475 g/mol. The summed E-state index contributed by atoms with van der Waals surface area (Å²) in [6.07, 6.45) is 7.15. The minimum atomic E-state index is -0.481. The first-order valence-electron chi connectivity index (χ1n) is 12.0. The molecule has 2 heterocycles. The van der Waals surface area contributed by atoms with Crippen molar-refractivity contribution in [3.05, 3.63) is 21.9 Å². The van der Waals surface area contributed by atoms with Gasteiger partial charge in [-0.1, -0.05) is 6.92 Å². The molecular formula is C25H38N4O3S. The van der Waals surface area contributed by atoms with E-state index in [0.717, 1.165) is 61.3 Å². The molecule has 182 valence electrons. The number of carbonyl (C=O) groups excluding carboxylic acids is 2. The zero-order valence-corrected chi connectivity index (χ0v) is 21.2. The zero-order valence-electron chi connectivity index (χ0n) is 20.4. The Kier molecular flexibility index (Phi) is 8.57. The van der Waals surface area contributed by atoms with Crippen molar-refractivity contribution in [2.24, 2.45) is 22.6 Å². The van der Waals surface area contributed by atoms with Gasteiger partial charge in [0, 0.05) is 31.6 Å². The van der Waals surface area contributed by atoms with Crippen LogP contribution >= 0.6 is 11.3 Å². The van der Waals surface area contributed by atoms with Gasteiger partial charge < -0.3 is 20.7 Å². The van der Waals surface area contributed by atoms with E-state index in [1.165, 1.54) is 0 Å². The SMILES string of the molecule is CCCN(CC1CCC(CNC(=O)OC(C)(C)C)CC1)C(=O)C1=Cc2sccc2N=C(N)C1. The number of amides is 2. The molecule has 1 aliphatic carbocycles. The molecule has 2 amide bonds. The molecule has 8 heteroatoms. The van der Waals surface area contributed by atoms with Gasteiger partial charge in [0.25, 0.3) is 0 Å². The van der Waals surface area contributed by atoms with E-state index in [-0.39, 0.29) is 12.0 Å². The minimum absolute atomic E-state index is 0.0740. The van der Waals surface area contributed by atoms with Crippen LogP contribution in [0, 0.1) is 11.8 Å². The van der Waals surface area contributed by atoms with Gasteiger partial charge in [-0.25, -0.2) is 9.79 Å². The molecule has 7 nitrogen and oxygen atoms in total. The predicted octanol–water partition coefficient (Wildman–Crippen LogP) is 5.09. The first-order valence-corrected chi connectivity index (χ1v) is 12.9. The van der Waals surface area contributed by atoms with Crippen LogP contribution in [0.1, 0.15) is 71.1 Å². The number of rotatable bonds is 7.